The number of benzene rings is 4. The maximum atomic E-state index is 12.8. The minimum absolute atomic E-state index is 0.178. The van der Waals surface area contributed by atoms with Crippen molar-refractivity contribution in [3.63, 3.8) is 0 Å². The van der Waals surface area contributed by atoms with E-state index in [0.717, 1.165) is 33.2 Å². The first kappa shape index (κ1) is 25.4. The van der Waals surface area contributed by atoms with E-state index in [4.69, 9.17) is 4.74 Å². The number of hydrazone groups is 1. The molecule has 0 radical (unpaired) electrons. The Balaban J connectivity index is 1.30. The summed E-state index contributed by atoms with van der Waals surface area (Å²) in [6.45, 7) is 1.89. The number of ether oxygens (including phenoxy) is 1. The summed E-state index contributed by atoms with van der Waals surface area (Å²) in [4.78, 5) is 37.6. The molecule has 0 fully saturated rings. The number of hydrogen-bond acceptors (Lipinski definition) is 8. The molecule has 0 saturated heterocycles. The predicted octanol–water partition coefficient (Wildman–Crippen LogP) is 4.97. The van der Waals surface area contributed by atoms with Crippen molar-refractivity contribution in [2.45, 2.75) is 6.92 Å². The van der Waals surface area contributed by atoms with E-state index in [1.165, 1.54) is 6.21 Å². The van der Waals surface area contributed by atoms with Crippen LogP contribution in [-0.4, -0.2) is 34.2 Å². The van der Waals surface area contributed by atoms with Crippen LogP contribution in [0.1, 0.15) is 21.5 Å². The molecule has 0 aliphatic rings. The van der Waals surface area contributed by atoms with Crippen LogP contribution in [0.3, 0.4) is 0 Å². The number of nitrogens with one attached hydrogen (secondary N) is 2. The second kappa shape index (κ2) is 11.4. The van der Waals surface area contributed by atoms with Gasteiger partial charge in [-0.25, -0.2) is 10.2 Å². The van der Waals surface area contributed by atoms with Crippen LogP contribution in [0.5, 0.6) is 5.75 Å². The number of fused-ring (bicyclic) bond motifs is 1. The molecule has 0 atom stereocenters. The monoisotopic (exact) mass is 535 g/mol. The standard InChI is InChI=1S/C29H21N5O4S/c1-18-8-7-12-21(16-18)28(37)38-24-15-14-19-9-5-6-13-22(19)23(24)17-30-32-26(36)25(35)31-29-34-33-27(39-29)20-10-3-2-4-11-20/h2-17H,1H3,(H,32,36)(H,31,34,35). The summed E-state index contributed by atoms with van der Waals surface area (Å²) in [6.07, 6.45) is 1.34. The van der Waals surface area contributed by atoms with Gasteiger partial charge in [0, 0.05) is 11.1 Å². The van der Waals surface area contributed by atoms with Crippen molar-refractivity contribution < 1.29 is 19.1 Å². The fourth-order valence-electron chi connectivity index (χ4n) is 3.76. The first-order chi connectivity index (χ1) is 19.0. The van der Waals surface area contributed by atoms with Gasteiger partial charge in [-0.05, 0) is 35.9 Å². The molecule has 0 aliphatic carbocycles. The largest absolute Gasteiger partial charge is 0.422 e. The van der Waals surface area contributed by atoms with Gasteiger partial charge in [0.1, 0.15) is 10.8 Å². The van der Waals surface area contributed by atoms with E-state index >= 15 is 0 Å². The lowest BCUT2D eigenvalue weighted by molar-refractivity contribution is -0.136. The molecule has 0 saturated carbocycles. The maximum absolute atomic E-state index is 12.8. The molecule has 9 nitrogen and oxygen atoms in total. The summed E-state index contributed by atoms with van der Waals surface area (Å²) in [5.74, 6) is -2.22. The van der Waals surface area contributed by atoms with Crippen molar-refractivity contribution in [3.05, 3.63) is 108 Å². The SMILES string of the molecule is Cc1cccc(C(=O)Oc2ccc3ccccc3c2C=NNC(=O)C(=O)Nc2nnc(-c3ccccc3)s2)c1. The van der Waals surface area contributed by atoms with Gasteiger partial charge in [-0.15, -0.1) is 10.2 Å². The van der Waals surface area contributed by atoms with Crippen molar-refractivity contribution >= 4 is 51.2 Å². The van der Waals surface area contributed by atoms with Crippen molar-refractivity contribution in [1.82, 2.24) is 15.6 Å². The van der Waals surface area contributed by atoms with E-state index in [2.05, 4.69) is 26.0 Å². The Morgan fingerprint density at radius 3 is 2.49 bits per heavy atom. The number of esters is 1. The maximum Gasteiger partial charge on any atom is 0.343 e. The number of hydrogen-bond donors (Lipinski definition) is 2. The summed E-state index contributed by atoms with van der Waals surface area (Å²) in [7, 11) is 0. The van der Waals surface area contributed by atoms with Gasteiger partial charge in [-0.1, -0.05) is 89.7 Å². The van der Waals surface area contributed by atoms with Gasteiger partial charge in [0.05, 0.1) is 11.8 Å². The van der Waals surface area contributed by atoms with Gasteiger partial charge in [0.2, 0.25) is 5.13 Å². The number of carbonyl (C=O) groups is 3. The van der Waals surface area contributed by atoms with Crippen LogP contribution in [0.4, 0.5) is 5.13 Å². The molecule has 1 aromatic heterocycles. The van der Waals surface area contributed by atoms with E-state index in [9.17, 15) is 14.4 Å². The third kappa shape index (κ3) is 6.03. The first-order valence-electron chi connectivity index (χ1n) is 11.8. The van der Waals surface area contributed by atoms with E-state index < -0.39 is 17.8 Å². The third-order valence-corrected chi connectivity index (χ3v) is 6.51. The number of nitrogens with zero attached hydrogens (tertiary/aromatic N) is 3. The van der Waals surface area contributed by atoms with E-state index in [1.54, 1.807) is 24.3 Å². The van der Waals surface area contributed by atoms with E-state index in [0.29, 0.717) is 16.1 Å². The topological polar surface area (TPSA) is 123 Å². The molecule has 4 aromatic carbocycles. The van der Waals surface area contributed by atoms with Gasteiger partial charge >= 0.3 is 17.8 Å². The molecule has 5 rings (SSSR count). The van der Waals surface area contributed by atoms with Crippen LogP contribution in [-0.2, 0) is 9.59 Å². The Morgan fingerprint density at radius 1 is 0.872 bits per heavy atom. The number of aromatic nitrogens is 2. The Morgan fingerprint density at radius 2 is 1.67 bits per heavy atom. The number of amides is 2. The molecule has 192 valence electrons. The lowest BCUT2D eigenvalue weighted by Crippen LogP contribution is -2.32. The second-order valence-electron chi connectivity index (χ2n) is 8.39. The van der Waals surface area contributed by atoms with Crippen LogP contribution >= 0.6 is 11.3 Å². The zero-order valence-electron chi connectivity index (χ0n) is 20.6. The zero-order chi connectivity index (χ0) is 27.2. The Labute approximate surface area is 227 Å². The zero-order valence-corrected chi connectivity index (χ0v) is 21.4. The van der Waals surface area contributed by atoms with Crippen LogP contribution < -0.4 is 15.5 Å². The number of anilines is 1. The van der Waals surface area contributed by atoms with Gasteiger partial charge in [-0.3, -0.25) is 14.9 Å². The van der Waals surface area contributed by atoms with Crippen LogP contribution in [0.2, 0.25) is 0 Å². The Bertz CT molecular complexity index is 1720. The van der Waals surface area contributed by atoms with E-state index in [-0.39, 0.29) is 10.9 Å². The molecule has 39 heavy (non-hydrogen) atoms. The second-order valence-corrected chi connectivity index (χ2v) is 9.37. The lowest BCUT2D eigenvalue weighted by Gasteiger charge is -2.11. The molecule has 5 aromatic rings. The van der Waals surface area contributed by atoms with Gasteiger partial charge in [0.25, 0.3) is 0 Å². The minimum atomic E-state index is -0.999. The highest BCUT2D eigenvalue weighted by atomic mass is 32.1. The summed E-state index contributed by atoms with van der Waals surface area (Å²) >= 11 is 1.14. The fourth-order valence-corrected chi connectivity index (χ4v) is 4.50. The molecular formula is C29H21N5O4S. The van der Waals surface area contributed by atoms with Crippen molar-refractivity contribution in [2.24, 2.45) is 5.10 Å². The van der Waals surface area contributed by atoms with Crippen LogP contribution in [0, 0.1) is 6.92 Å². The molecule has 2 amide bonds. The Hall–Kier alpha value is -5.22. The van der Waals surface area contributed by atoms with Gasteiger partial charge in [0.15, 0.2) is 0 Å². The summed E-state index contributed by atoms with van der Waals surface area (Å²) in [6, 6.07) is 27.4. The number of carbonyl (C=O) groups excluding carboxylic acids is 3. The number of rotatable bonds is 6. The van der Waals surface area contributed by atoms with Crippen molar-refractivity contribution in [2.75, 3.05) is 5.32 Å². The smallest absolute Gasteiger partial charge is 0.343 e. The highest BCUT2D eigenvalue weighted by molar-refractivity contribution is 7.18. The molecule has 2 N–H and O–H groups in total. The van der Waals surface area contributed by atoms with Gasteiger partial charge in [-0.2, -0.15) is 5.10 Å². The van der Waals surface area contributed by atoms with Crippen molar-refractivity contribution in [1.29, 1.82) is 0 Å². The Kier molecular flexibility index (Phi) is 7.46. The molecule has 10 heteroatoms. The molecule has 0 spiro atoms. The number of aryl methyl sites for hydroxylation is 1. The molecular weight excluding hydrogens is 514 g/mol. The first-order valence-corrected chi connectivity index (χ1v) is 12.6. The fraction of sp³-hybridized carbons (Fsp3) is 0.0345. The summed E-state index contributed by atoms with van der Waals surface area (Å²) < 4.78 is 5.68. The quantitative estimate of drug-likeness (QED) is 0.104. The predicted molar refractivity (Wildman–Crippen MR) is 150 cm³/mol. The molecule has 1 heterocycles. The molecule has 0 aliphatic heterocycles. The average Bonchev–Trinajstić information content (AvgIpc) is 3.42. The lowest BCUT2D eigenvalue weighted by atomic mass is 10.0. The average molecular weight is 536 g/mol. The highest BCUT2D eigenvalue weighted by Gasteiger charge is 2.17. The summed E-state index contributed by atoms with van der Waals surface area (Å²) in [5.41, 5.74) is 4.85. The molecule has 0 unspecified atom stereocenters. The van der Waals surface area contributed by atoms with E-state index in [1.807, 2.05) is 73.7 Å². The summed E-state index contributed by atoms with van der Waals surface area (Å²) in [5, 5.41) is 16.7. The normalized spacial score (nSPS) is 10.9. The van der Waals surface area contributed by atoms with Crippen LogP contribution in [0.15, 0.2) is 96.1 Å². The van der Waals surface area contributed by atoms with Gasteiger partial charge < -0.3 is 4.74 Å². The highest BCUT2D eigenvalue weighted by Crippen LogP contribution is 2.28. The minimum Gasteiger partial charge on any atom is -0.422 e. The third-order valence-electron chi connectivity index (χ3n) is 5.62. The molecule has 0 bridgehead atoms. The van der Waals surface area contributed by atoms with Crippen LogP contribution in [0.25, 0.3) is 21.3 Å². The van der Waals surface area contributed by atoms with Crippen molar-refractivity contribution in [3.8, 4) is 16.3 Å².